The molecule has 1 aromatic carbocycles. The summed E-state index contributed by atoms with van der Waals surface area (Å²) in [6.45, 7) is 0.496. The molecule has 1 heterocycles. The van der Waals surface area contributed by atoms with Gasteiger partial charge in [0.25, 0.3) is 0 Å². The summed E-state index contributed by atoms with van der Waals surface area (Å²) in [5.74, 6) is 0.564. The number of nitrogens with one attached hydrogen (secondary N) is 2. The second kappa shape index (κ2) is 9.73. The molecule has 2 aromatic rings. The molecule has 0 aliphatic heterocycles. The van der Waals surface area contributed by atoms with Gasteiger partial charge in [0.2, 0.25) is 5.91 Å². The molecule has 25 heavy (non-hydrogen) atoms. The lowest BCUT2D eigenvalue weighted by atomic mass is 10.1. The smallest absolute Gasteiger partial charge is 0.312 e. The predicted molar refractivity (Wildman–Crippen MR) is 99.8 cm³/mol. The molecule has 2 rings (SSSR count). The fourth-order valence-electron chi connectivity index (χ4n) is 2.37. The average Bonchev–Trinajstić information content (AvgIpc) is 3.13. The number of thioether (sulfide) groups is 1. The van der Waals surface area contributed by atoms with Crippen molar-refractivity contribution in [2.45, 2.75) is 18.9 Å². The summed E-state index contributed by atoms with van der Waals surface area (Å²) in [6, 6.07) is 8.59. The van der Waals surface area contributed by atoms with Gasteiger partial charge < -0.3 is 16.4 Å². The first-order chi connectivity index (χ1) is 12.1. The highest BCUT2D eigenvalue weighted by Gasteiger charge is 2.18. The third-order valence-electron chi connectivity index (χ3n) is 3.66. The van der Waals surface area contributed by atoms with Crippen LogP contribution in [0.4, 0.5) is 4.79 Å². The first-order valence-electron chi connectivity index (χ1n) is 8.01. The van der Waals surface area contributed by atoms with E-state index in [9.17, 15) is 9.59 Å². The van der Waals surface area contributed by atoms with E-state index in [0.717, 1.165) is 17.0 Å². The van der Waals surface area contributed by atoms with E-state index >= 15 is 0 Å². The van der Waals surface area contributed by atoms with Gasteiger partial charge in [-0.3, -0.25) is 4.79 Å². The summed E-state index contributed by atoms with van der Waals surface area (Å²) in [4.78, 5) is 23.2. The molecule has 0 radical (unpaired) electrons. The minimum Gasteiger partial charge on any atom is -0.354 e. The molecule has 0 saturated carbocycles. The number of aromatic nitrogens is 2. The summed E-state index contributed by atoms with van der Waals surface area (Å²) in [5, 5.41) is 9.52. The number of primary amides is 1. The summed E-state index contributed by atoms with van der Waals surface area (Å²) in [6.07, 6.45) is 6.82. The van der Waals surface area contributed by atoms with Crippen LogP contribution in [-0.4, -0.2) is 46.3 Å². The van der Waals surface area contributed by atoms with Gasteiger partial charge in [0.1, 0.15) is 6.04 Å². The number of rotatable bonds is 9. The molecule has 1 aromatic heterocycles. The van der Waals surface area contributed by atoms with Crippen LogP contribution < -0.4 is 16.4 Å². The SMILES string of the molecule is CSCCC(NC(N)=O)C(=O)NCCc1ccc(-n2cccn2)cc1. The summed E-state index contributed by atoms with van der Waals surface area (Å²) in [7, 11) is 0. The summed E-state index contributed by atoms with van der Waals surface area (Å²) >= 11 is 1.62. The second-order valence-electron chi connectivity index (χ2n) is 5.50. The lowest BCUT2D eigenvalue weighted by Gasteiger charge is -2.16. The maximum absolute atomic E-state index is 12.2. The lowest BCUT2D eigenvalue weighted by Crippen LogP contribution is -2.49. The van der Waals surface area contributed by atoms with Crippen molar-refractivity contribution in [1.82, 2.24) is 20.4 Å². The molecule has 8 heteroatoms. The van der Waals surface area contributed by atoms with Crippen molar-refractivity contribution >= 4 is 23.7 Å². The number of urea groups is 1. The molecule has 1 unspecified atom stereocenters. The Kier molecular flexibility index (Phi) is 7.34. The number of hydrogen-bond acceptors (Lipinski definition) is 4. The van der Waals surface area contributed by atoms with Gasteiger partial charge in [-0.05, 0) is 48.6 Å². The Morgan fingerprint density at radius 2 is 2.08 bits per heavy atom. The monoisotopic (exact) mass is 361 g/mol. The molecule has 0 saturated heterocycles. The Hall–Kier alpha value is -2.48. The Bertz CT molecular complexity index is 673. The molecule has 0 aliphatic rings. The van der Waals surface area contributed by atoms with Crippen LogP contribution in [-0.2, 0) is 11.2 Å². The van der Waals surface area contributed by atoms with Gasteiger partial charge in [0.05, 0.1) is 5.69 Å². The highest BCUT2D eigenvalue weighted by atomic mass is 32.2. The fourth-order valence-corrected chi connectivity index (χ4v) is 2.84. The summed E-state index contributed by atoms with van der Waals surface area (Å²) < 4.78 is 1.79. The van der Waals surface area contributed by atoms with Gasteiger partial charge >= 0.3 is 6.03 Å². The van der Waals surface area contributed by atoms with Crippen LogP contribution in [0, 0.1) is 0 Å². The van der Waals surface area contributed by atoms with Crippen LogP contribution in [0.15, 0.2) is 42.7 Å². The number of carbonyl (C=O) groups excluding carboxylic acids is 2. The van der Waals surface area contributed by atoms with Crippen molar-refractivity contribution in [3.8, 4) is 5.69 Å². The molecule has 7 nitrogen and oxygen atoms in total. The molecule has 0 bridgehead atoms. The van der Waals surface area contributed by atoms with E-state index in [1.165, 1.54) is 0 Å². The van der Waals surface area contributed by atoms with Gasteiger partial charge in [-0.25, -0.2) is 9.48 Å². The highest BCUT2D eigenvalue weighted by molar-refractivity contribution is 7.98. The average molecular weight is 361 g/mol. The van der Waals surface area contributed by atoms with Crippen molar-refractivity contribution in [3.05, 3.63) is 48.3 Å². The minimum atomic E-state index is -0.685. The summed E-state index contributed by atoms with van der Waals surface area (Å²) in [5.41, 5.74) is 7.23. The van der Waals surface area contributed by atoms with Crippen LogP contribution in [0.1, 0.15) is 12.0 Å². The Balaban J connectivity index is 1.82. The van der Waals surface area contributed by atoms with Crippen LogP contribution in [0.2, 0.25) is 0 Å². The van der Waals surface area contributed by atoms with Gasteiger partial charge in [-0.15, -0.1) is 0 Å². The molecule has 0 fully saturated rings. The first-order valence-corrected chi connectivity index (χ1v) is 9.41. The molecule has 134 valence electrons. The van der Waals surface area contributed by atoms with E-state index in [4.69, 9.17) is 5.73 Å². The van der Waals surface area contributed by atoms with Crippen LogP contribution in [0.25, 0.3) is 5.69 Å². The standard InChI is InChI=1S/C17H23N5O2S/c1-25-12-8-15(21-17(18)24)16(23)19-10-7-13-3-5-14(6-4-13)22-11-2-9-20-22/h2-6,9,11,15H,7-8,10,12H2,1H3,(H,19,23)(H3,18,21,24). The maximum Gasteiger partial charge on any atom is 0.312 e. The third-order valence-corrected chi connectivity index (χ3v) is 4.31. The van der Waals surface area contributed by atoms with E-state index in [2.05, 4.69) is 15.7 Å². The van der Waals surface area contributed by atoms with Gasteiger partial charge in [-0.1, -0.05) is 12.1 Å². The Morgan fingerprint density at radius 1 is 1.32 bits per heavy atom. The van der Waals surface area contributed by atoms with E-state index < -0.39 is 12.1 Å². The van der Waals surface area contributed by atoms with Crippen LogP contribution >= 0.6 is 11.8 Å². The number of benzene rings is 1. The molecular weight excluding hydrogens is 338 g/mol. The number of amides is 3. The molecular formula is C17H23N5O2S. The van der Waals surface area contributed by atoms with Crippen LogP contribution in [0.3, 0.4) is 0 Å². The Labute approximate surface area is 151 Å². The molecule has 4 N–H and O–H groups in total. The lowest BCUT2D eigenvalue weighted by molar-refractivity contribution is -0.122. The Morgan fingerprint density at radius 3 is 2.68 bits per heavy atom. The van der Waals surface area contributed by atoms with Gasteiger partial charge in [0.15, 0.2) is 0 Å². The quantitative estimate of drug-likeness (QED) is 0.627. The number of carbonyl (C=O) groups is 2. The van der Waals surface area contributed by atoms with E-state index in [0.29, 0.717) is 19.4 Å². The zero-order chi connectivity index (χ0) is 18.1. The number of hydrogen-bond donors (Lipinski definition) is 3. The normalized spacial score (nSPS) is 11.7. The van der Waals surface area contributed by atoms with E-state index in [1.54, 1.807) is 22.6 Å². The van der Waals surface area contributed by atoms with E-state index in [1.807, 2.05) is 42.8 Å². The number of nitrogens with zero attached hydrogens (tertiary/aromatic N) is 2. The zero-order valence-corrected chi connectivity index (χ0v) is 15.0. The fraction of sp³-hybridized carbons (Fsp3) is 0.353. The minimum absolute atomic E-state index is 0.207. The van der Waals surface area contributed by atoms with Crippen LogP contribution in [0.5, 0.6) is 0 Å². The maximum atomic E-state index is 12.2. The second-order valence-corrected chi connectivity index (χ2v) is 6.49. The largest absolute Gasteiger partial charge is 0.354 e. The predicted octanol–water partition coefficient (Wildman–Crippen LogP) is 1.32. The highest BCUT2D eigenvalue weighted by Crippen LogP contribution is 2.09. The van der Waals surface area contributed by atoms with Crippen molar-refractivity contribution in [2.75, 3.05) is 18.6 Å². The molecule has 0 spiro atoms. The molecule has 3 amide bonds. The molecule has 0 aliphatic carbocycles. The van der Waals surface area contributed by atoms with Crippen molar-refractivity contribution < 1.29 is 9.59 Å². The topological polar surface area (TPSA) is 102 Å². The zero-order valence-electron chi connectivity index (χ0n) is 14.1. The van der Waals surface area contributed by atoms with Crippen molar-refractivity contribution in [1.29, 1.82) is 0 Å². The van der Waals surface area contributed by atoms with Gasteiger partial charge in [0, 0.05) is 18.9 Å². The van der Waals surface area contributed by atoms with E-state index in [-0.39, 0.29) is 5.91 Å². The molecule has 1 atom stereocenters. The first kappa shape index (κ1) is 18.9. The third kappa shape index (κ3) is 6.15. The van der Waals surface area contributed by atoms with Crippen molar-refractivity contribution in [3.63, 3.8) is 0 Å². The van der Waals surface area contributed by atoms with Gasteiger partial charge in [-0.2, -0.15) is 16.9 Å². The number of nitrogens with two attached hydrogens (primary N) is 1. The van der Waals surface area contributed by atoms with Crippen molar-refractivity contribution in [2.24, 2.45) is 5.73 Å².